The molecule has 21 heavy (non-hydrogen) atoms. The van der Waals surface area contributed by atoms with Crippen LogP contribution in [0.1, 0.15) is 59.6 Å². The van der Waals surface area contributed by atoms with Gasteiger partial charge in [0.25, 0.3) is 0 Å². The highest BCUT2D eigenvalue weighted by molar-refractivity contribution is 6.52. The van der Waals surface area contributed by atoms with Gasteiger partial charge in [-0.1, -0.05) is 57.1 Å². The Bertz CT molecular complexity index is 522. The van der Waals surface area contributed by atoms with E-state index in [9.17, 15) is 0 Å². The van der Waals surface area contributed by atoms with E-state index in [1.165, 1.54) is 11.1 Å². The van der Waals surface area contributed by atoms with Crippen molar-refractivity contribution in [1.82, 2.24) is 0 Å². The highest BCUT2D eigenvalue weighted by atomic mass is 16.7. The van der Waals surface area contributed by atoms with Crippen molar-refractivity contribution < 1.29 is 9.31 Å². The molecule has 0 unspecified atom stereocenters. The summed E-state index contributed by atoms with van der Waals surface area (Å²) in [6.07, 6.45) is 2.08. The maximum atomic E-state index is 5.97. The van der Waals surface area contributed by atoms with Gasteiger partial charge in [-0.2, -0.15) is 0 Å². The van der Waals surface area contributed by atoms with Crippen LogP contribution < -0.4 is 0 Å². The second-order valence-corrected chi connectivity index (χ2v) is 7.86. The molecule has 1 aromatic carbocycles. The normalized spacial score (nSPS) is 21.2. The summed E-state index contributed by atoms with van der Waals surface area (Å²) in [5, 5.41) is 0. The van der Waals surface area contributed by atoms with Gasteiger partial charge in [0, 0.05) is 0 Å². The molecular weight excluding hydrogens is 259 g/mol. The lowest BCUT2D eigenvalue weighted by molar-refractivity contribution is 0.00578. The van der Waals surface area contributed by atoms with E-state index in [0.717, 1.165) is 0 Å². The summed E-state index contributed by atoms with van der Waals surface area (Å²) >= 11 is 0. The van der Waals surface area contributed by atoms with E-state index in [1.54, 1.807) is 0 Å². The van der Waals surface area contributed by atoms with Gasteiger partial charge in [0.15, 0.2) is 0 Å². The van der Waals surface area contributed by atoms with Crippen molar-refractivity contribution in [3.8, 4) is 0 Å². The summed E-state index contributed by atoms with van der Waals surface area (Å²) < 4.78 is 11.9. The molecule has 0 bridgehead atoms. The van der Waals surface area contributed by atoms with E-state index in [1.807, 2.05) is 5.98 Å². The van der Waals surface area contributed by atoms with Crippen LogP contribution in [-0.2, 0) is 14.7 Å². The van der Waals surface area contributed by atoms with Crippen molar-refractivity contribution in [3.05, 3.63) is 41.4 Å². The van der Waals surface area contributed by atoms with E-state index >= 15 is 0 Å². The molecule has 0 N–H and O–H groups in total. The molecule has 1 aliphatic rings. The van der Waals surface area contributed by atoms with Gasteiger partial charge in [-0.05, 0) is 44.2 Å². The maximum absolute atomic E-state index is 5.97. The lowest BCUT2D eigenvalue weighted by atomic mass is 9.85. The zero-order valence-corrected chi connectivity index (χ0v) is 14.4. The summed E-state index contributed by atoms with van der Waals surface area (Å²) in [5.41, 5.74) is 2.11. The second kappa shape index (κ2) is 5.29. The molecule has 1 saturated heterocycles. The van der Waals surface area contributed by atoms with Crippen molar-refractivity contribution in [2.75, 3.05) is 0 Å². The van der Waals surface area contributed by atoms with Crippen LogP contribution in [0.3, 0.4) is 0 Å². The van der Waals surface area contributed by atoms with Gasteiger partial charge in [-0.3, -0.25) is 0 Å². The van der Waals surface area contributed by atoms with Gasteiger partial charge in [0.1, 0.15) is 0 Å². The molecule has 2 rings (SSSR count). The first-order valence-corrected chi connectivity index (χ1v) is 7.66. The molecule has 0 aliphatic carbocycles. The quantitative estimate of drug-likeness (QED) is 0.738. The topological polar surface area (TPSA) is 18.5 Å². The van der Waals surface area contributed by atoms with E-state index in [2.05, 4.69) is 78.8 Å². The predicted molar refractivity (Wildman–Crippen MR) is 90.3 cm³/mol. The van der Waals surface area contributed by atoms with E-state index in [0.29, 0.717) is 0 Å². The average Bonchev–Trinajstić information content (AvgIpc) is 2.55. The highest BCUT2D eigenvalue weighted by Gasteiger charge is 2.49. The van der Waals surface area contributed by atoms with Gasteiger partial charge in [-0.25, -0.2) is 0 Å². The Hall–Kier alpha value is -1.06. The standard InChI is InChI=1S/C18H27BO2/c1-16(2,3)15-10-8-9-14(13-15)11-12-19-20-17(4,5)18(6,7)21-19/h8-13H,1-7H3/b12-11+. The molecule has 0 spiro atoms. The van der Waals surface area contributed by atoms with Crippen LogP contribution in [0.25, 0.3) is 6.08 Å². The molecule has 1 fully saturated rings. The number of benzene rings is 1. The molecule has 0 saturated carbocycles. The minimum absolute atomic E-state index is 0.161. The summed E-state index contributed by atoms with van der Waals surface area (Å²) in [6.45, 7) is 15.0. The smallest absolute Gasteiger partial charge is 0.400 e. The van der Waals surface area contributed by atoms with Crippen LogP contribution in [-0.4, -0.2) is 18.3 Å². The Balaban J connectivity index is 2.13. The largest absolute Gasteiger partial charge is 0.487 e. The zero-order valence-electron chi connectivity index (χ0n) is 14.4. The van der Waals surface area contributed by atoms with Crippen molar-refractivity contribution in [2.45, 2.75) is 65.1 Å². The number of hydrogen-bond donors (Lipinski definition) is 0. The van der Waals surface area contributed by atoms with Gasteiger partial charge >= 0.3 is 7.12 Å². The predicted octanol–water partition coefficient (Wildman–Crippen LogP) is 4.63. The minimum Gasteiger partial charge on any atom is -0.400 e. The second-order valence-electron chi connectivity index (χ2n) is 7.86. The summed E-state index contributed by atoms with van der Waals surface area (Å²) in [7, 11) is -0.284. The van der Waals surface area contributed by atoms with Crippen LogP contribution in [0.2, 0.25) is 0 Å². The van der Waals surface area contributed by atoms with Crippen LogP contribution in [0, 0.1) is 0 Å². The molecule has 0 amide bonds. The van der Waals surface area contributed by atoms with Gasteiger partial charge in [0.2, 0.25) is 0 Å². The Labute approximate surface area is 129 Å². The minimum atomic E-state index is -0.284. The molecule has 2 nitrogen and oxygen atoms in total. The first-order valence-electron chi connectivity index (χ1n) is 7.66. The number of hydrogen-bond acceptors (Lipinski definition) is 2. The van der Waals surface area contributed by atoms with Gasteiger partial charge in [0.05, 0.1) is 11.2 Å². The van der Waals surface area contributed by atoms with E-state index in [-0.39, 0.29) is 23.7 Å². The fourth-order valence-corrected chi connectivity index (χ4v) is 2.27. The van der Waals surface area contributed by atoms with Crippen molar-refractivity contribution >= 4 is 13.2 Å². The average molecular weight is 286 g/mol. The maximum Gasteiger partial charge on any atom is 0.487 e. The molecule has 114 valence electrons. The highest BCUT2D eigenvalue weighted by Crippen LogP contribution is 2.37. The fraction of sp³-hybridized carbons (Fsp3) is 0.556. The Morgan fingerprint density at radius 3 is 2.10 bits per heavy atom. The SMILES string of the molecule is CC(C)(C)c1cccc(/C=C/B2OC(C)(C)C(C)(C)O2)c1. The molecule has 3 heteroatoms. The number of rotatable bonds is 2. The molecule has 1 aromatic rings. The Morgan fingerprint density at radius 1 is 1.00 bits per heavy atom. The molecule has 0 atom stereocenters. The van der Waals surface area contributed by atoms with Crippen LogP contribution >= 0.6 is 0 Å². The van der Waals surface area contributed by atoms with Crippen LogP contribution in [0.5, 0.6) is 0 Å². The third-order valence-electron chi connectivity index (χ3n) is 4.47. The van der Waals surface area contributed by atoms with Crippen molar-refractivity contribution in [2.24, 2.45) is 0 Å². The molecular formula is C18H27BO2. The summed E-state index contributed by atoms with van der Waals surface area (Å²) in [5.74, 6) is 2.00. The Morgan fingerprint density at radius 2 is 1.57 bits per heavy atom. The Kier molecular flexibility index (Phi) is 4.11. The first kappa shape index (κ1) is 16.3. The molecule has 1 heterocycles. The monoisotopic (exact) mass is 286 g/mol. The van der Waals surface area contributed by atoms with Crippen molar-refractivity contribution in [1.29, 1.82) is 0 Å². The van der Waals surface area contributed by atoms with E-state index < -0.39 is 0 Å². The molecule has 0 radical (unpaired) electrons. The third-order valence-corrected chi connectivity index (χ3v) is 4.47. The lowest BCUT2D eigenvalue weighted by Gasteiger charge is -2.32. The molecule has 0 aromatic heterocycles. The lowest BCUT2D eigenvalue weighted by Crippen LogP contribution is -2.41. The zero-order chi connectivity index (χ0) is 15.9. The third kappa shape index (κ3) is 3.59. The summed E-state index contributed by atoms with van der Waals surface area (Å²) in [4.78, 5) is 0. The molecule has 1 aliphatic heterocycles. The van der Waals surface area contributed by atoms with Gasteiger partial charge in [-0.15, -0.1) is 0 Å². The van der Waals surface area contributed by atoms with Crippen LogP contribution in [0.4, 0.5) is 0 Å². The fourth-order valence-electron chi connectivity index (χ4n) is 2.27. The van der Waals surface area contributed by atoms with E-state index in [4.69, 9.17) is 9.31 Å². The van der Waals surface area contributed by atoms with Crippen molar-refractivity contribution in [3.63, 3.8) is 0 Å². The first-order chi connectivity index (χ1) is 9.51. The summed E-state index contributed by atoms with van der Waals surface area (Å²) in [6, 6.07) is 8.61. The van der Waals surface area contributed by atoms with Gasteiger partial charge < -0.3 is 9.31 Å². The van der Waals surface area contributed by atoms with Crippen LogP contribution in [0.15, 0.2) is 30.2 Å².